The van der Waals surface area contributed by atoms with E-state index < -0.39 is 54.1 Å². The number of carbonyl (C=O) groups is 3. The van der Waals surface area contributed by atoms with Crippen molar-refractivity contribution in [3.63, 3.8) is 0 Å². The van der Waals surface area contributed by atoms with Gasteiger partial charge in [-0.05, 0) is 38.9 Å². The maximum absolute atomic E-state index is 13.8. The number of rotatable bonds is 15. The highest BCUT2D eigenvalue weighted by Gasteiger charge is 2.45. The van der Waals surface area contributed by atoms with Gasteiger partial charge in [0.05, 0.1) is 12.5 Å². The van der Waals surface area contributed by atoms with Gasteiger partial charge in [-0.2, -0.15) is 0 Å². The fourth-order valence-corrected chi connectivity index (χ4v) is 7.03. The van der Waals surface area contributed by atoms with Gasteiger partial charge < -0.3 is 18.6 Å². The third-order valence-electron chi connectivity index (χ3n) is 6.68. The Labute approximate surface area is 245 Å². The van der Waals surface area contributed by atoms with Gasteiger partial charge >= 0.3 is 12.1 Å². The second-order valence-corrected chi connectivity index (χ2v) is 18.4. The van der Waals surface area contributed by atoms with Crippen molar-refractivity contribution in [1.29, 1.82) is 0 Å². The summed E-state index contributed by atoms with van der Waals surface area (Å²) in [4.78, 5) is 38.9. The normalized spacial score (nSPS) is 15.1. The first-order valence-corrected chi connectivity index (χ1v) is 16.7. The van der Waals surface area contributed by atoms with Gasteiger partial charge in [0, 0.05) is 24.2 Å². The highest BCUT2D eigenvalue weighted by Crippen LogP contribution is 2.36. The number of alkyl halides is 3. The lowest BCUT2D eigenvalue weighted by molar-refractivity contribution is -0.159. The number of halogens is 3. The highest BCUT2D eigenvalue weighted by atomic mass is 35.6. The van der Waals surface area contributed by atoms with E-state index in [1.165, 1.54) is 0 Å². The molecule has 0 aliphatic rings. The maximum atomic E-state index is 13.8. The van der Waals surface area contributed by atoms with Gasteiger partial charge in [-0.15, -0.1) is 12.3 Å². The Morgan fingerprint density at radius 1 is 0.947 bits per heavy atom. The van der Waals surface area contributed by atoms with E-state index in [0.717, 1.165) is 18.1 Å². The predicted octanol–water partition coefficient (Wildman–Crippen LogP) is 7.65. The van der Waals surface area contributed by atoms with Gasteiger partial charge in [0.25, 0.3) is 0 Å². The van der Waals surface area contributed by atoms with Gasteiger partial charge in [0.2, 0.25) is 3.79 Å². The van der Waals surface area contributed by atoms with Gasteiger partial charge in [0.1, 0.15) is 24.1 Å². The quantitative estimate of drug-likeness (QED) is 0.0809. The smallest absolute Gasteiger partial charge is 0.460 e. The van der Waals surface area contributed by atoms with E-state index in [0.29, 0.717) is 0 Å². The summed E-state index contributed by atoms with van der Waals surface area (Å²) >= 11 is 16.9. The molecule has 3 atom stereocenters. The number of ketones is 1. The molecule has 0 aliphatic heterocycles. The Bertz CT molecular complexity index is 816. The SMILES string of the molecule is C#CC[C@H](C)[C@@H](CC(=O)C(C)(C)C(CC(=O)OC(C)(C)C)O[Si](CC)(CC)CC)OC(=O)OCC(Cl)(Cl)Cl. The summed E-state index contributed by atoms with van der Waals surface area (Å²) in [7, 11) is -2.22. The molecule has 0 amide bonds. The van der Waals surface area contributed by atoms with Crippen LogP contribution in [0.25, 0.3) is 0 Å². The molecule has 0 heterocycles. The van der Waals surface area contributed by atoms with Crippen LogP contribution in [0.2, 0.25) is 18.1 Å². The zero-order valence-corrected chi connectivity index (χ0v) is 27.5. The molecule has 0 aromatic carbocycles. The van der Waals surface area contributed by atoms with Crippen molar-refractivity contribution in [3.8, 4) is 12.3 Å². The zero-order valence-electron chi connectivity index (χ0n) is 24.3. The second-order valence-electron chi connectivity index (χ2n) is 11.2. The third-order valence-corrected chi connectivity index (χ3v) is 11.7. The topological polar surface area (TPSA) is 88.1 Å². The van der Waals surface area contributed by atoms with Crippen LogP contribution in [-0.2, 0) is 28.2 Å². The number of terminal acetylenes is 1. The van der Waals surface area contributed by atoms with Crippen molar-refractivity contribution in [1.82, 2.24) is 0 Å². The first-order valence-electron chi connectivity index (χ1n) is 13.0. The minimum absolute atomic E-state index is 0.0819. The van der Waals surface area contributed by atoms with Crippen molar-refractivity contribution in [2.24, 2.45) is 11.3 Å². The molecule has 0 bridgehead atoms. The zero-order chi connectivity index (χ0) is 29.9. The van der Waals surface area contributed by atoms with Crippen molar-refractivity contribution >= 4 is 61.0 Å². The third kappa shape index (κ3) is 13.4. The summed E-state index contributed by atoms with van der Waals surface area (Å²) in [5.74, 6) is 1.47. The molecule has 1 unspecified atom stereocenters. The summed E-state index contributed by atoms with van der Waals surface area (Å²) in [6.45, 7) is 16.3. The first-order chi connectivity index (χ1) is 17.3. The number of ether oxygens (including phenoxy) is 3. The van der Waals surface area contributed by atoms with Crippen molar-refractivity contribution < 1.29 is 33.0 Å². The molecule has 0 aliphatic carbocycles. The summed E-state index contributed by atoms with van der Waals surface area (Å²) in [6, 6.07) is 2.53. The molecular formula is C27H45Cl3O7Si. The van der Waals surface area contributed by atoms with Crippen LogP contribution in [0.3, 0.4) is 0 Å². The molecule has 0 aromatic heterocycles. The van der Waals surface area contributed by atoms with Crippen LogP contribution >= 0.6 is 34.8 Å². The molecule has 38 heavy (non-hydrogen) atoms. The average molecular weight is 616 g/mol. The molecule has 0 spiro atoms. The molecule has 0 aromatic rings. The van der Waals surface area contributed by atoms with Gasteiger partial charge in [-0.1, -0.05) is 76.3 Å². The summed E-state index contributed by atoms with van der Waals surface area (Å²) in [5.41, 5.74) is -1.78. The standard InChI is InChI=1S/C27H45Cl3O7Si/c1-11-15-19(5)20(35-24(33)34-18-27(28,29)30)16-21(31)26(9,10)22(17-23(32)36-25(6,7)8)37-38(12-2,13-3)14-4/h1,19-20,22H,12-18H2,2-10H3/t19-,20+,22?/m0/s1. The molecule has 7 nitrogen and oxygen atoms in total. The van der Waals surface area contributed by atoms with E-state index >= 15 is 0 Å². The van der Waals surface area contributed by atoms with E-state index in [4.69, 9.17) is 59.9 Å². The second kappa shape index (κ2) is 15.7. The lowest BCUT2D eigenvalue weighted by atomic mass is 9.77. The van der Waals surface area contributed by atoms with Gasteiger partial charge in [-0.3, -0.25) is 9.59 Å². The molecular weight excluding hydrogens is 571 g/mol. The van der Waals surface area contributed by atoms with Crippen LogP contribution in [0.15, 0.2) is 0 Å². The van der Waals surface area contributed by atoms with E-state index in [1.54, 1.807) is 41.5 Å². The van der Waals surface area contributed by atoms with Gasteiger partial charge in [-0.25, -0.2) is 4.79 Å². The van der Waals surface area contributed by atoms with Crippen LogP contribution < -0.4 is 0 Å². The van der Waals surface area contributed by atoms with Crippen molar-refractivity contribution in [3.05, 3.63) is 0 Å². The molecule has 0 radical (unpaired) electrons. The summed E-state index contributed by atoms with van der Waals surface area (Å²) in [6.07, 6.45) is 2.79. The van der Waals surface area contributed by atoms with Crippen LogP contribution in [0, 0.1) is 23.7 Å². The number of esters is 1. The lowest BCUT2D eigenvalue weighted by Crippen LogP contribution is -2.50. The fourth-order valence-electron chi connectivity index (χ4n) is 3.88. The molecule has 0 N–H and O–H groups in total. The number of hydrogen-bond donors (Lipinski definition) is 0. The van der Waals surface area contributed by atoms with E-state index in [9.17, 15) is 14.4 Å². The Balaban J connectivity index is 6.05. The molecule has 0 saturated carbocycles. The molecule has 220 valence electrons. The Morgan fingerprint density at radius 2 is 1.47 bits per heavy atom. The number of hydrogen-bond acceptors (Lipinski definition) is 7. The highest BCUT2D eigenvalue weighted by molar-refractivity contribution is 6.73. The Hall–Kier alpha value is -0.983. The maximum Gasteiger partial charge on any atom is 0.508 e. The minimum Gasteiger partial charge on any atom is -0.460 e. The molecule has 0 rings (SSSR count). The number of Topliss-reactive ketones (excluding diaryl/α,β-unsaturated/α-hetero) is 1. The van der Waals surface area contributed by atoms with Crippen LogP contribution in [0.5, 0.6) is 0 Å². The van der Waals surface area contributed by atoms with E-state index in [-0.39, 0.29) is 31.0 Å². The molecule has 0 saturated heterocycles. The Kier molecular flexibility index (Phi) is 15.3. The van der Waals surface area contributed by atoms with Crippen LogP contribution in [0.1, 0.15) is 81.6 Å². The fraction of sp³-hybridized carbons (Fsp3) is 0.815. The summed E-state index contributed by atoms with van der Waals surface area (Å²) in [5, 5.41) is 0. The lowest BCUT2D eigenvalue weighted by Gasteiger charge is -2.41. The van der Waals surface area contributed by atoms with E-state index in [1.807, 2.05) is 0 Å². The van der Waals surface area contributed by atoms with E-state index in [2.05, 4.69) is 26.7 Å². The molecule has 11 heteroatoms. The average Bonchev–Trinajstić information content (AvgIpc) is 2.78. The van der Waals surface area contributed by atoms with Crippen LogP contribution in [-0.4, -0.2) is 54.4 Å². The minimum atomic E-state index is -2.22. The number of carbonyl (C=O) groups excluding carboxylic acids is 3. The summed E-state index contributed by atoms with van der Waals surface area (Å²) < 4.78 is 20.8. The van der Waals surface area contributed by atoms with Crippen LogP contribution in [0.4, 0.5) is 4.79 Å². The largest absolute Gasteiger partial charge is 0.508 e. The monoisotopic (exact) mass is 614 g/mol. The predicted molar refractivity (Wildman–Crippen MR) is 155 cm³/mol. The van der Waals surface area contributed by atoms with Crippen molar-refractivity contribution in [2.75, 3.05) is 6.61 Å². The van der Waals surface area contributed by atoms with Gasteiger partial charge in [0.15, 0.2) is 8.32 Å². The Morgan fingerprint density at radius 3 is 1.89 bits per heavy atom. The first kappa shape index (κ1) is 37.0. The van der Waals surface area contributed by atoms with Crippen molar-refractivity contribution in [2.45, 2.75) is 121 Å². The molecule has 0 fully saturated rings.